The van der Waals surface area contributed by atoms with E-state index in [-0.39, 0.29) is 5.91 Å². The van der Waals surface area contributed by atoms with Crippen molar-refractivity contribution in [2.75, 3.05) is 30.8 Å². The Morgan fingerprint density at radius 1 is 1.34 bits per heavy atom. The molecule has 4 rings (SSSR count). The molecule has 3 heterocycles. The number of hydrogen-bond donors (Lipinski definition) is 2. The Labute approximate surface area is 167 Å². The molecule has 150 valence electrons. The number of methoxy groups -OCH3 is 1. The Hall–Kier alpha value is -3.62. The van der Waals surface area contributed by atoms with Crippen LogP contribution < -0.4 is 20.7 Å². The normalized spacial score (nSPS) is 14.9. The van der Waals surface area contributed by atoms with Gasteiger partial charge in [0.25, 0.3) is 0 Å². The molecular weight excluding hydrogens is 372 g/mol. The molecule has 2 aromatic heterocycles. The fourth-order valence-electron chi connectivity index (χ4n) is 3.54. The van der Waals surface area contributed by atoms with Crippen LogP contribution in [-0.4, -0.2) is 41.2 Å². The highest BCUT2D eigenvalue weighted by Gasteiger charge is 2.50. The van der Waals surface area contributed by atoms with Crippen molar-refractivity contribution in [2.45, 2.75) is 13.0 Å². The monoisotopic (exact) mass is 394 g/mol. The van der Waals surface area contributed by atoms with E-state index < -0.39 is 5.41 Å². The third-order valence-corrected chi connectivity index (χ3v) is 5.01. The largest absolute Gasteiger partial charge is 0.497 e. The number of nitrogen functional groups attached to an aromatic ring is 1. The number of nitrogens with one attached hydrogen (secondary N) is 1. The van der Waals surface area contributed by atoms with Gasteiger partial charge in [-0.2, -0.15) is 4.98 Å². The van der Waals surface area contributed by atoms with E-state index in [4.69, 9.17) is 15.0 Å². The van der Waals surface area contributed by atoms with Gasteiger partial charge in [0.05, 0.1) is 19.1 Å². The lowest BCUT2D eigenvalue weighted by Crippen LogP contribution is -2.64. The van der Waals surface area contributed by atoms with Crippen LogP contribution >= 0.6 is 0 Å². The van der Waals surface area contributed by atoms with Crippen LogP contribution in [-0.2, 0) is 17.8 Å². The van der Waals surface area contributed by atoms with E-state index in [0.29, 0.717) is 43.5 Å². The Morgan fingerprint density at radius 3 is 2.93 bits per heavy atom. The van der Waals surface area contributed by atoms with Crippen molar-refractivity contribution in [3.8, 4) is 5.75 Å². The van der Waals surface area contributed by atoms with Gasteiger partial charge in [0.1, 0.15) is 23.5 Å². The summed E-state index contributed by atoms with van der Waals surface area (Å²) in [4.78, 5) is 23.6. The maximum atomic E-state index is 13.2. The molecule has 0 atom stereocenters. The van der Waals surface area contributed by atoms with Crippen LogP contribution in [0.15, 0.2) is 53.4 Å². The van der Waals surface area contributed by atoms with E-state index in [1.54, 1.807) is 25.4 Å². The van der Waals surface area contributed by atoms with Crippen molar-refractivity contribution in [3.63, 3.8) is 0 Å². The predicted molar refractivity (Wildman–Crippen MR) is 106 cm³/mol. The molecule has 0 saturated carbocycles. The summed E-state index contributed by atoms with van der Waals surface area (Å²) in [5, 5.41) is 6.82. The van der Waals surface area contributed by atoms with Gasteiger partial charge in [0, 0.05) is 25.4 Å². The van der Waals surface area contributed by atoms with Crippen molar-refractivity contribution >= 4 is 17.7 Å². The first-order valence-corrected chi connectivity index (χ1v) is 9.22. The lowest BCUT2D eigenvalue weighted by atomic mass is 9.74. The first kappa shape index (κ1) is 18.7. The Bertz CT molecular complexity index is 985. The predicted octanol–water partition coefficient (Wildman–Crippen LogP) is 1.42. The lowest BCUT2D eigenvalue weighted by Gasteiger charge is -2.49. The minimum Gasteiger partial charge on any atom is -0.497 e. The van der Waals surface area contributed by atoms with E-state index in [1.165, 1.54) is 6.26 Å². The highest BCUT2D eigenvalue weighted by molar-refractivity contribution is 5.86. The first-order valence-electron chi connectivity index (χ1n) is 9.22. The highest BCUT2D eigenvalue weighted by atomic mass is 16.5. The molecule has 29 heavy (non-hydrogen) atoms. The number of benzene rings is 1. The summed E-state index contributed by atoms with van der Waals surface area (Å²) < 4.78 is 10.1. The van der Waals surface area contributed by atoms with Crippen LogP contribution in [0.25, 0.3) is 0 Å². The zero-order valence-electron chi connectivity index (χ0n) is 16.0. The van der Waals surface area contributed by atoms with Crippen molar-refractivity contribution in [3.05, 3.63) is 60.1 Å². The van der Waals surface area contributed by atoms with Gasteiger partial charge in [0.15, 0.2) is 0 Å². The van der Waals surface area contributed by atoms with Gasteiger partial charge >= 0.3 is 0 Å². The molecule has 1 aromatic carbocycles. The van der Waals surface area contributed by atoms with Gasteiger partial charge in [0.2, 0.25) is 11.9 Å². The van der Waals surface area contributed by atoms with Gasteiger partial charge in [-0.15, -0.1) is 0 Å². The maximum Gasteiger partial charge on any atom is 0.230 e. The average molecular weight is 394 g/mol. The SMILES string of the molecule is COc1cccc(CC2(C(=O)NCc3ccon3)CN(c3nccc(N)n3)C2)c1. The van der Waals surface area contributed by atoms with Gasteiger partial charge in [-0.05, 0) is 30.2 Å². The number of carbonyl (C=O) groups is 1. The second kappa shape index (κ2) is 7.78. The fraction of sp³-hybridized carbons (Fsp3) is 0.300. The topological polar surface area (TPSA) is 119 Å². The number of rotatable bonds is 7. The lowest BCUT2D eigenvalue weighted by molar-refractivity contribution is -0.132. The van der Waals surface area contributed by atoms with Gasteiger partial charge < -0.3 is 25.2 Å². The van der Waals surface area contributed by atoms with Crippen molar-refractivity contribution in [1.82, 2.24) is 20.4 Å². The number of carbonyl (C=O) groups excluding carboxylic acids is 1. The second-order valence-corrected chi connectivity index (χ2v) is 7.12. The number of nitrogens with two attached hydrogens (primary N) is 1. The maximum absolute atomic E-state index is 13.2. The number of ether oxygens (including phenoxy) is 1. The summed E-state index contributed by atoms with van der Waals surface area (Å²) in [5.74, 6) is 1.63. The van der Waals surface area contributed by atoms with E-state index in [0.717, 1.165) is 11.3 Å². The molecule has 1 aliphatic rings. The van der Waals surface area contributed by atoms with Gasteiger partial charge in [-0.1, -0.05) is 17.3 Å². The summed E-state index contributed by atoms with van der Waals surface area (Å²) in [7, 11) is 1.63. The minimum absolute atomic E-state index is 0.0523. The molecule has 9 nitrogen and oxygen atoms in total. The summed E-state index contributed by atoms with van der Waals surface area (Å²) in [5.41, 5.74) is 6.85. The van der Waals surface area contributed by atoms with Crippen molar-refractivity contribution in [2.24, 2.45) is 5.41 Å². The Balaban J connectivity index is 1.53. The molecule has 9 heteroatoms. The second-order valence-electron chi connectivity index (χ2n) is 7.12. The third-order valence-electron chi connectivity index (χ3n) is 5.01. The number of anilines is 2. The quantitative estimate of drug-likeness (QED) is 0.617. The standard InChI is InChI=1S/C20H22N6O3/c1-28-16-4-2-3-14(9-16)10-20(18(27)23-11-15-6-8-29-25-15)12-26(13-20)19-22-7-5-17(21)24-19/h2-9H,10-13H2,1H3,(H,23,27)(H2,21,22,24). The van der Waals surface area contributed by atoms with Crippen molar-refractivity contribution in [1.29, 1.82) is 0 Å². The van der Waals surface area contributed by atoms with Crippen LogP contribution in [0.5, 0.6) is 5.75 Å². The molecule has 0 aliphatic carbocycles. The van der Waals surface area contributed by atoms with E-state index in [1.807, 2.05) is 29.2 Å². The number of aromatic nitrogens is 3. The van der Waals surface area contributed by atoms with Gasteiger partial charge in [-0.3, -0.25) is 4.79 Å². The van der Waals surface area contributed by atoms with Gasteiger partial charge in [-0.25, -0.2) is 4.98 Å². The minimum atomic E-state index is -0.621. The number of nitrogens with zero attached hydrogens (tertiary/aromatic N) is 4. The Kier molecular flexibility index (Phi) is 5.03. The van der Waals surface area contributed by atoms with E-state index in [2.05, 4.69) is 20.4 Å². The molecule has 3 aromatic rings. The molecule has 1 amide bonds. The number of amides is 1. The molecule has 1 saturated heterocycles. The number of hydrogen-bond acceptors (Lipinski definition) is 8. The first-order chi connectivity index (χ1) is 14.1. The Morgan fingerprint density at radius 2 is 2.21 bits per heavy atom. The molecule has 0 bridgehead atoms. The van der Waals surface area contributed by atoms with Crippen LogP contribution in [0.2, 0.25) is 0 Å². The molecule has 0 radical (unpaired) electrons. The molecule has 1 aliphatic heterocycles. The zero-order valence-corrected chi connectivity index (χ0v) is 16.0. The highest BCUT2D eigenvalue weighted by Crippen LogP contribution is 2.37. The zero-order chi connectivity index (χ0) is 20.3. The molecule has 0 spiro atoms. The van der Waals surface area contributed by atoms with E-state index in [9.17, 15) is 4.79 Å². The summed E-state index contributed by atoms with van der Waals surface area (Å²) in [6.07, 6.45) is 3.66. The average Bonchev–Trinajstić information content (AvgIpc) is 3.22. The van der Waals surface area contributed by atoms with Crippen molar-refractivity contribution < 1.29 is 14.1 Å². The van der Waals surface area contributed by atoms with Crippen LogP contribution in [0.1, 0.15) is 11.3 Å². The summed E-state index contributed by atoms with van der Waals surface area (Å²) in [6, 6.07) is 11.1. The molecule has 3 N–H and O–H groups in total. The smallest absolute Gasteiger partial charge is 0.230 e. The molecular formula is C20H22N6O3. The third kappa shape index (κ3) is 3.98. The summed E-state index contributed by atoms with van der Waals surface area (Å²) in [6.45, 7) is 1.28. The van der Waals surface area contributed by atoms with E-state index >= 15 is 0 Å². The van der Waals surface area contributed by atoms with Crippen LogP contribution in [0, 0.1) is 5.41 Å². The summed E-state index contributed by atoms with van der Waals surface area (Å²) >= 11 is 0. The van der Waals surface area contributed by atoms with Crippen LogP contribution in [0.4, 0.5) is 11.8 Å². The molecule has 1 fully saturated rings. The van der Waals surface area contributed by atoms with Crippen LogP contribution in [0.3, 0.4) is 0 Å². The molecule has 0 unspecified atom stereocenters. The fourth-order valence-corrected chi connectivity index (χ4v) is 3.54.